The second kappa shape index (κ2) is 6.91. The molecule has 8 heteroatoms. The van der Waals surface area contributed by atoms with Gasteiger partial charge in [0.05, 0.1) is 17.9 Å². The summed E-state index contributed by atoms with van der Waals surface area (Å²) in [6, 6.07) is 11.3. The maximum Gasteiger partial charge on any atom is 0.333 e. The molecule has 2 heterocycles. The van der Waals surface area contributed by atoms with E-state index in [9.17, 15) is 14.4 Å². The van der Waals surface area contributed by atoms with E-state index in [1.807, 2.05) is 6.92 Å². The molecular weight excluding hydrogens is 322 g/mol. The Morgan fingerprint density at radius 2 is 1.92 bits per heavy atom. The number of nitrogens with one attached hydrogen (secondary N) is 2. The van der Waals surface area contributed by atoms with Crippen molar-refractivity contribution in [1.82, 2.24) is 24.8 Å². The van der Waals surface area contributed by atoms with E-state index in [1.54, 1.807) is 36.4 Å². The number of carbonyl (C=O) groups is 1. The van der Waals surface area contributed by atoms with Crippen molar-refractivity contribution in [3.63, 3.8) is 0 Å². The number of rotatable bonds is 4. The molecule has 0 aliphatic rings. The van der Waals surface area contributed by atoms with Gasteiger partial charge < -0.3 is 10.3 Å². The third-order valence-electron chi connectivity index (χ3n) is 3.48. The Morgan fingerprint density at radius 1 is 1.16 bits per heavy atom. The van der Waals surface area contributed by atoms with Crippen LogP contribution in [-0.2, 0) is 6.54 Å². The molecule has 0 fully saturated rings. The van der Waals surface area contributed by atoms with Gasteiger partial charge in [-0.25, -0.2) is 19.3 Å². The van der Waals surface area contributed by atoms with Crippen LogP contribution >= 0.6 is 0 Å². The first-order chi connectivity index (χ1) is 12.0. The van der Waals surface area contributed by atoms with Crippen molar-refractivity contribution in [2.45, 2.75) is 13.5 Å². The topological polar surface area (TPSA) is 110 Å². The number of para-hydroxylation sites is 1. The number of benzene rings is 1. The second-order valence-electron chi connectivity index (χ2n) is 5.33. The number of hydrogen-bond acceptors (Lipinski definition) is 5. The molecule has 0 unspecified atom stereocenters. The van der Waals surface area contributed by atoms with Gasteiger partial charge in [0.25, 0.3) is 11.5 Å². The quantitative estimate of drug-likeness (QED) is 0.723. The fourth-order valence-electron chi connectivity index (χ4n) is 2.31. The Balaban J connectivity index is 1.82. The van der Waals surface area contributed by atoms with Crippen LogP contribution in [0.2, 0.25) is 0 Å². The lowest BCUT2D eigenvalue weighted by Crippen LogP contribution is -2.37. The van der Waals surface area contributed by atoms with Crippen molar-refractivity contribution in [3.8, 4) is 5.69 Å². The third-order valence-corrected chi connectivity index (χ3v) is 3.48. The SMILES string of the molecule is Cc1cc(CNC(=O)c2cc(=O)n(-c3ccccc3)c(=O)[nH]2)ncn1. The molecule has 126 valence electrons. The van der Waals surface area contributed by atoms with E-state index in [1.165, 1.54) is 6.33 Å². The molecule has 0 radical (unpaired) electrons. The lowest BCUT2D eigenvalue weighted by atomic mass is 10.3. The average Bonchev–Trinajstić information content (AvgIpc) is 2.60. The van der Waals surface area contributed by atoms with Crippen LogP contribution in [0.1, 0.15) is 21.9 Å². The van der Waals surface area contributed by atoms with Gasteiger partial charge in [0.2, 0.25) is 0 Å². The number of carbonyl (C=O) groups excluding carboxylic acids is 1. The molecule has 0 aliphatic heterocycles. The third kappa shape index (κ3) is 3.69. The minimum atomic E-state index is -0.679. The normalized spacial score (nSPS) is 10.4. The van der Waals surface area contributed by atoms with Gasteiger partial charge in [-0.1, -0.05) is 18.2 Å². The summed E-state index contributed by atoms with van der Waals surface area (Å²) < 4.78 is 0.963. The van der Waals surface area contributed by atoms with Gasteiger partial charge in [0.1, 0.15) is 12.0 Å². The van der Waals surface area contributed by atoms with Crippen LogP contribution in [0.15, 0.2) is 58.4 Å². The summed E-state index contributed by atoms with van der Waals surface area (Å²) >= 11 is 0. The molecule has 8 nitrogen and oxygen atoms in total. The Hall–Kier alpha value is -3.55. The molecule has 0 aliphatic carbocycles. The predicted molar refractivity (Wildman–Crippen MR) is 90.6 cm³/mol. The van der Waals surface area contributed by atoms with Crippen LogP contribution in [0, 0.1) is 6.92 Å². The van der Waals surface area contributed by atoms with Crippen molar-refractivity contribution in [2.24, 2.45) is 0 Å². The molecule has 25 heavy (non-hydrogen) atoms. The summed E-state index contributed by atoms with van der Waals surface area (Å²) in [5.74, 6) is -0.564. The van der Waals surface area contributed by atoms with Crippen LogP contribution in [0.4, 0.5) is 0 Å². The van der Waals surface area contributed by atoms with E-state index in [0.717, 1.165) is 16.3 Å². The Labute approximate surface area is 142 Å². The molecule has 1 amide bonds. The van der Waals surface area contributed by atoms with Crippen LogP contribution in [0.25, 0.3) is 5.69 Å². The van der Waals surface area contributed by atoms with Crippen molar-refractivity contribution >= 4 is 5.91 Å². The molecule has 0 saturated heterocycles. The largest absolute Gasteiger partial charge is 0.345 e. The highest BCUT2D eigenvalue weighted by atomic mass is 16.2. The first-order valence-electron chi connectivity index (χ1n) is 7.52. The number of aryl methyl sites for hydroxylation is 1. The average molecular weight is 337 g/mol. The molecular formula is C17H15N5O3. The van der Waals surface area contributed by atoms with Gasteiger partial charge in [-0.15, -0.1) is 0 Å². The summed E-state index contributed by atoms with van der Waals surface area (Å²) in [6.45, 7) is 1.97. The molecule has 3 aromatic rings. The predicted octanol–water partition coefficient (Wildman–Crippen LogP) is 0.554. The number of H-pyrrole nitrogens is 1. The standard InChI is InChI=1S/C17H15N5O3/c1-11-7-12(20-10-19-11)9-18-16(24)14-8-15(23)22(17(25)21-14)13-5-3-2-4-6-13/h2-8,10H,9H2,1H3,(H,18,24)(H,21,25). The van der Waals surface area contributed by atoms with Gasteiger partial charge in [0.15, 0.2) is 0 Å². The Morgan fingerprint density at radius 3 is 2.60 bits per heavy atom. The highest BCUT2D eigenvalue weighted by Crippen LogP contribution is 2.01. The van der Waals surface area contributed by atoms with E-state index in [-0.39, 0.29) is 12.2 Å². The highest BCUT2D eigenvalue weighted by Gasteiger charge is 2.12. The van der Waals surface area contributed by atoms with E-state index in [4.69, 9.17) is 0 Å². The van der Waals surface area contributed by atoms with Crippen molar-refractivity contribution in [1.29, 1.82) is 0 Å². The second-order valence-corrected chi connectivity index (χ2v) is 5.33. The first kappa shape index (κ1) is 16.3. The van der Waals surface area contributed by atoms with Gasteiger partial charge in [-0.3, -0.25) is 9.59 Å². The summed E-state index contributed by atoms with van der Waals surface area (Å²) in [6.07, 6.45) is 1.40. The number of aromatic nitrogens is 4. The number of nitrogens with zero attached hydrogens (tertiary/aromatic N) is 3. The van der Waals surface area contributed by atoms with Gasteiger partial charge in [-0.2, -0.15) is 0 Å². The zero-order valence-corrected chi connectivity index (χ0v) is 13.4. The molecule has 0 saturated carbocycles. The minimum absolute atomic E-state index is 0.104. The van der Waals surface area contributed by atoms with Crippen LogP contribution in [-0.4, -0.2) is 25.4 Å². The Bertz CT molecular complexity index is 993. The molecule has 0 atom stereocenters. The summed E-state index contributed by atoms with van der Waals surface area (Å²) in [5, 5.41) is 2.61. The Kier molecular flexibility index (Phi) is 4.51. The molecule has 2 aromatic heterocycles. The molecule has 0 spiro atoms. The van der Waals surface area contributed by atoms with Crippen molar-refractivity contribution in [3.05, 3.63) is 86.7 Å². The van der Waals surface area contributed by atoms with E-state index >= 15 is 0 Å². The van der Waals surface area contributed by atoms with Crippen molar-refractivity contribution < 1.29 is 4.79 Å². The van der Waals surface area contributed by atoms with E-state index in [0.29, 0.717) is 11.4 Å². The first-order valence-corrected chi connectivity index (χ1v) is 7.52. The molecule has 2 N–H and O–H groups in total. The number of hydrogen-bond donors (Lipinski definition) is 2. The van der Waals surface area contributed by atoms with E-state index < -0.39 is 17.2 Å². The maximum absolute atomic E-state index is 12.2. The van der Waals surface area contributed by atoms with Crippen LogP contribution in [0.3, 0.4) is 0 Å². The summed E-state index contributed by atoms with van der Waals surface area (Å²) in [5.41, 5.74) is 0.462. The fraction of sp³-hybridized carbons (Fsp3) is 0.118. The fourth-order valence-corrected chi connectivity index (χ4v) is 2.31. The zero-order chi connectivity index (χ0) is 17.8. The maximum atomic E-state index is 12.2. The van der Waals surface area contributed by atoms with Gasteiger partial charge >= 0.3 is 5.69 Å². The minimum Gasteiger partial charge on any atom is -0.345 e. The smallest absolute Gasteiger partial charge is 0.333 e. The number of amides is 1. The lowest BCUT2D eigenvalue weighted by molar-refractivity contribution is 0.0944. The van der Waals surface area contributed by atoms with Gasteiger partial charge in [-0.05, 0) is 25.1 Å². The number of aromatic amines is 1. The summed E-state index contributed by atoms with van der Waals surface area (Å²) in [7, 11) is 0. The lowest BCUT2D eigenvalue weighted by Gasteiger charge is -2.07. The van der Waals surface area contributed by atoms with Crippen molar-refractivity contribution in [2.75, 3.05) is 0 Å². The van der Waals surface area contributed by atoms with E-state index in [2.05, 4.69) is 20.3 Å². The summed E-state index contributed by atoms with van der Waals surface area (Å²) in [4.78, 5) is 47.0. The van der Waals surface area contributed by atoms with Crippen LogP contribution < -0.4 is 16.6 Å². The monoisotopic (exact) mass is 337 g/mol. The zero-order valence-electron chi connectivity index (χ0n) is 13.4. The van der Waals surface area contributed by atoms with Crippen LogP contribution in [0.5, 0.6) is 0 Å². The van der Waals surface area contributed by atoms with Gasteiger partial charge in [0, 0.05) is 11.8 Å². The highest BCUT2D eigenvalue weighted by molar-refractivity contribution is 5.91. The molecule has 3 rings (SSSR count). The molecule has 0 bridgehead atoms. The molecule has 1 aromatic carbocycles.